The second-order valence-electron chi connectivity index (χ2n) is 7.26. The first kappa shape index (κ1) is 21.2. The molecule has 2 amide bonds. The van der Waals surface area contributed by atoms with Crippen LogP contribution in [0.5, 0.6) is 5.75 Å². The normalized spacial score (nSPS) is 15.1. The molecule has 0 saturated carbocycles. The molecule has 29 heavy (non-hydrogen) atoms. The van der Waals surface area contributed by atoms with Gasteiger partial charge in [-0.15, -0.1) is 0 Å². The number of hydrogen-bond acceptors (Lipinski definition) is 3. The number of piperazine rings is 1. The predicted molar refractivity (Wildman–Crippen MR) is 114 cm³/mol. The minimum absolute atomic E-state index is 0.0684. The van der Waals surface area contributed by atoms with Crippen LogP contribution < -0.4 is 4.74 Å². The summed E-state index contributed by atoms with van der Waals surface area (Å²) in [6, 6.07) is 17.2. The van der Waals surface area contributed by atoms with E-state index in [0.717, 1.165) is 12.8 Å². The molecule has 0 aliphatic carbocycles. The first-order valence-corrected chi connectivity index (χ1v) is 10.4. The summed E-state index contributed by atoms with van der Waals surface area (Å²) < 4.78 is 5.72. The molecule has 6 heteroatoms. The number of aryl methyl sites for hydroxylation is 1. The van der Waals surface area contributed by atoms with Crippen LogP contribution >= 0.6 is 11.6 Å². The molecule has 1 saturated heterocycles. The molecule has 0 N–H and O–H groups in total. The molecular weight excluding hydrogens is 388 g/mol. The van der Waals surface area contributed by atoms with Crippen molar-refractivity contribution in [1.82, 2.24) is 9.80 Å². The average Bonchev–Trinajstić information content (AvgIpc) is 2.74. The number of amides is 2. The van der Waals surface area contributed by atoms with Gasteiger partial charge in [0.2, 0.25) is 5.91 Å². The minimum Gasteiger partial charge on any atom is -0.481 e. The van der Waals surface area contributed by atoms with Gasteiger partial charge < -0.3 is 14.5 Å². The molecule has 2 aromatic rings. The van der Waals surface area contributed by atoms with E-state index < -0.39 is 6.10 Å². The number of nitrogens with zero attached hydrogens (tertiary/aromatic N) is 2. The van der Waals surface area contributed by atoms with E-state index in [2.05, 4.69) is 12.1 Å². The van der Waals surface area contributed by atoms with E-state index in [4.69, 9.17) is 16.3 Å². The molecule has 0 radical (unpaired) electrons. The van der Waals surface area contributed by atoms with Gasteiger partial charge in [-0.25, -0.2) is 0 Å². The van der Waals surface area contributed by atoms with Gasteiger partial charge in [-0.1, -0.05) is 48.0 Å². The van der Waals surface area contributed by atoms with E-state index >= 15 is 0 Å². The highest BCUT2D eigenvalue weighted by Crippen LogP contribution is 2.19. The van der Waals surface area contributed by atoms with Gasteiger partial charge >= 0.3 is 0 Å². The summed E-state index contributed by atoms with van der Waals surface area (Å²) in [7, 11) is 0. The highest BCUT2D eigenvalue weighted by Gasteiger charge is 2.27. The predicted octanol–water partition coefficient (Wildman–Crippen LogP) is 3.80. The van der Waals surface area contributed by atoms with E-state index in [0.29, 0.717) is 43.4 Å². The van der Waals surface area contributed by atoms with Crippen molar-refractivity contribution in [3.8, 4) is 5.75 Å². The first-order valence-electron chi connectivity index (χ1n) is 10.1. The average molecular weight is 415 g/mol. The van der Waals surface area contributed by atoms with Crippen molar-refractivity contribution in [2.24, 2.45) is 0 Å². The smallest absolute Gasteiger partial charge is 0.263 e. The highest BCUT2D eigenvalue weighted by atomic mass is 35.5. The molecule has 1 unspecified atom stereocenters. The third-order valence-corrected chi connectivity index (χ3v) is 5.33. The van der Waals surface area contributed by atoms with Crippen LogP contribution in [0.25, 0.3) is 0 Å². The Hall–Kier alpha value is -2.53. The van der Waals surface area contributed by atoms with Gasteiger partial charge in [0, 0.05) is 37.6 Å². The lowest BCUT2D eigenvalue weighted by Crippen LogP contribution is -2.53. The number of carbonyl (C=O) groups is 2. The number of hydrogen-bond donors (Lipinski definition) is 0. The number of ether oxygens (including phenoxy) is 1. The molecule has 1 fully saturated rings. The zero-order valence-corrected chi connectivity index (χ0v) is 17.5. The van der Waals surface area contributed by atoms with Crippen molar-refractivity contribution in [3.63, 3.8) is 0 Å². The molecule has 1 atom stereocenters. The minimum atomic E-state index is -0.596. The van der Waals surface area contributed by atoms with Crippen molar-refractivity contribution >= 4 is 23.4 Å². The van der Waals surface area contributed by atoms with Crippen molar-refractivity contribution in [2.75, 3.05) is 26.2 Å². The summed E-state index contributed by atoms with van der Waals surface area (Å²) in [4.78, 5) is 28.7. The Morgan fingerprint density at radius 1 is 1.00 bits per heavy atom. The molecule has 5 nitrogen and oxygen atoms in total. The maximum absolute atomic E-state index is 12.7. The van der Waals surface area contributed by atoms with Gasteiger partial charge in [-0.2, -0.15) is 0 Å². The van der Waals surface area contributed by atoms with Crippen LogP contribution in [0, 0.1) is 0 Å². The van der Waals surface area contributed by atoms with Crippen LogP contribution in [0.3, 0.4) is 0 Å². The van der Waals surface area contributed by atoms with Crippen molar-refractivity contribution < 1.29 is 14.3 Å². The Balaban J connectivity index is 1.40. The van der Waals surface area contributed by atoms with Crippen molar-refractivity contribution in [3.05, 3.63) is 65.2 Å². The van der Waals surface area contributed by atoms with E-state index in [1.165, 1.54) is 5.56 Å². The molecule has 154 valence electrons. The first-order chi connectivity index (χ1) is 14.0. The fourth-order valence-electron chi connectivity index (χ4n) is 3.47. The van der Waals surface area contributed by atoms with Gasteiger partial charge in [0.15, 0.2) is 6.10 Å². The zero-order chi connectivity index (χ0) is 20.6. The number of benzene rings is 2. The number of rotatable bonds is 7. The fraction of sp³-hybridized carbons (Fsp3) is 0.391. The Labute approximate surface area is 177 Å². The molecule has 0 bridgehead atoms. The molecule has 1 heterocycles. The summed E-state index contributed by atoms with van der Waals surface area (Å²) >= 11 is 5.96. The molecule has 1 aliphatic heterocycles. The van der Waals surface area contributed by atoms with Gasteiger partial charge in [0.25, 0.3) is 5.91 Å². The third kappa shape index (κ3) is 6.23. The van der Waals surface area contributed by atoms with Crippen LogP contribution in [0.2, 0.25) is 5.02 Å². The summed E-state index contributed by atoms with van der Waals surface area (Å²) in [6.07, 6.45) is 1.69. The fourth-order valence-corrected chi connectivity index (χ4v) is 3.65. The van der Waals surface area contributed by atoms with E-state index in [9.17, 15) is 9.59 Å². The molecule has 2 aromatic carbocycles. The van der Waals surface area contributed by atoms with Gasteiger partial charge in [-0.3, -0.25) is 9.59 Å². The van der Waals surface area contributed by atoms with Crippen molar-refractivity contribution in [2.45, 2.75) is 32.3 Å². The Morgan fingerprint density at radius 3 is 2.38 bits per heavy atom. The summed E-state index contributed by atoms with van der Waals surface area (Å²) in [6.45, 7) is 3.95. The lowest BCUT2D eigenvalue weighted by Gasteiger charge is -2.36. The highest BCUT2D eigenvalue weighted by molar-refractivity contribution is 6.30. The molecular formula is C23H27ClN2O3. The number of halogens is 1. The largest absolute Gasteiger partial charge is 0.481 e. The topological polar surface area (TPSA) is 49.9 Å². The van der Waals surface area contributed by atoms with Crippen molar-refractivity contribution in [1.29, 1.82) is 0 Å². The zero-order valence-electron chi connectivity index (χ0n) is 16.7. The second-order valence-corrected chi connectivity index (χ2v) is 7.70. The Morgan fingerprint density at radius 2 is 1.69 bits per heavy atom. The Bertz CT molecular complexity index is 820. The van der Waals surface area contributed by atoms with Gasteiger partial charge in [0.05, 0.1) is 0 Å². The van der Waals surface area contributed by atoms with Gasteiger partial charge in [-0.05, 0) is 43.5 Å². The lowest BCUT2D eigenvalue weighted by atomic mass is 10.1. The Kier molecular flexibility index (Phi) is 7.53. The van der Waals surface area contributed by atoms with E-state index in [-0.39, 0.29) is 11.8 Å². The summed E-state index contributed by atoms with van der Waals surface area (Å²) in [5.74, 6) is 0.669. The van der Waals surface area contributed by atoms with E-state index in [1.54, 1.807) is 36.1 Å². The maximum atomic E-state index is 12.7. The summed E-state index contributed by atoms with van der Waals surface area (Å²) in [5.41, 5.74) is 1.25. The van der Waals surface area contributed by atoms with Crippen LogP contribution in [0.15, 0.2) is 54.6 Å². The second kappa shape index (κ2) is 10.3. The molecule has 0 aromatic heterocycles. The molecule has 1 aliphatic rings. The summed E-state index contributed by atoms with van der Waals surface area (Å²) in [5, 5.41) is 0.571. The van der Waals surface area contributed by atoms with Gasteiger partial charge in [0.1, 0.15) is 5.75 Å². The molecule has 3 rings (SSSR count). The monoisotopic (exact) mass is 414 g/mol. The quantitative estimate of drug-likeness (QED) is 0.692. The van der Waals surface area contributed by atoms with Crippen LogP contribution in [-0.4, -0.2) is 53.9 Å². The van der Waals surface area contributed by atoms with Crippen LogP contribution in [-0.2, 0) is 16.0 Å². The lowest BCUT2D eigenvalue weighted by molar-refractivity contribution is -0.143. The SMILES string of the molecule is CC(Oc1cccc(Cl)c1)C(=O)N1CCN(C(=O)CCCc2ccccc2)CC1. The molecule has 0 spiro atoms. The maximum Gasteiger partial charge on any atom is 0.263 e. The number of carbonyl (C=O) groups excluding carboxylic acids is 2. The standard InChI is InChI=1S/C23H27ClN2O3/c1-18(29-21-11-6-10-20(24)17-21)23(28)26-15-13-25(14-16-26)22(27)12-5-9-19-7-3-2-4-8-19/h2-4,6-8,10-11,17-18H,5,9,12-16H2,1H3. The van der Waals surface area contributed by atoms with Crippen LogP contribution in [0.4, 0.5) is 0 Å². The van der Waals surface area contributed by atoms with Crippen LogP contribution in [0.1, 0.15) is 25.3 Å². The third-order valence-electron chi connectivity index (χ3n) is 5.10. The van der Waals surface area contributed by atoms with E-state index in [1.807, 2.05) is 23.1 Å².